The van der Waals surface area contributed by atoms with E-state index in [4.69, 9.17) is 14.2 Å². The normalized spacial score (nSPS) is 11.5. The van der Waals surface area contributed by atoms with Crippen LogP contribution in [0.15, 0.2) is 24.3 Å². The molecule has 10 nitrogen and oxygen atoms in total. The summed E-state index contributed by atoms with van der Waals surface area (Å²) in [6, 6.07) is 5.23. The van der Waals surface area contributed by atoms with E-state index in [2.05, 4.69) is 0 Å². The van der Waals surface area contributed by atoms with Crippen LogP contribution < -0.4 is 9.47 Å². The van der Waals surface area contributed by atoms with Gasteiger partial charge >= 0.3 is 5.97 Å². The molecule has 0 N–H and O–H groups in total. The van der Waals surface area contributed by atoms with Gasteiger partial charge in [0, 0.05) is 13.0 Å². The van der Waals surface area contributed by atoms with E-state index in [-0.39, 0.29) is 28.3 Å². The Morgan fingerprint density at radius 2 is 1.31 bits per heavy atom. The van der Waals surface area contributed by atoms with Gasteiger partial charge in [-0.1, -0.05) is 0 Å². The molecule has 2 rings (SSSR count). The third-order valence-electron chi connectivity index (χ3n) is 4.42. The average molecular weight is 404 g/mol. The predicted octanol–water partition coefficient (Wildman–Crippen LogP) is 3.79. The summed E-state index contributed by atoms with van der Waals surface area (Å²) in [6.07, 6.45) is -1.40. The van der Waals surface area contributed by atoms with Crippen LogP contribution in [0.5, 0.6) is 11.5 Å². The molecule has 0 heterocycles. The van der Waals surface area contributed by atoms with Gasteiger partial charge in [-0.25, -0.2) is 0 Å². The van der Waals surface area contributed by atoms with Gasteiger partial charge in [-0.3, -0.25) is 25.0 Å². The summed E-state index contributed by atoms with van der Waals surface area (Å²) in [5.74, 6) is -0.512. The summed E-state index contributed by atoms with van der Waals surface area (Å²) in [4.78, 5) is 33.8. The molecular formula is C19H20N2O8. The minimum atomic E-state index is -1.40. The van der Waals surface area contributed by atoms with Crippen molar-refractivity contribution in [1.29, 1.82) is 0 Å². The minimum Gasteiger partial charge on any atom is -0.493 e. The predicted molar refractivity (Wildman–Crippen MR) is 102 cm³/mol. The van der Waals surface area contributed by atoms with Crippen LogP contribution in [0.3, 0.4) is 0 Å². The van der Waals surface area contributed by atoms with Gasteiger partial charge in [0.1, 0.15) is 0 Å². The van der Waals surface area contributed by atoms with Crippen LogP contribution in [0.1, 0.15) is 35.3 Å². The highest BCUT2D eigenvalue weighted by molar-refractivity contribution is 5.68. The van der Waals surface area contributed by atoms with Crippen LogP contribution in [-0.2, 0) is 9.53 Å². The smallest absolute Gasteiger partial charge is 0.303 e. The van der Waals surface area contributed by atoms with Gasteiger partial charge in [0.25, 0.3) is 11.4 Å². The van der Waals surface area contributed by atoms with Crippen molar-refractivity contribution in [2.75, 3.05) is 14.2 Å². The second-order valence-electron chi connectivity index (χ2n) is 6.26. The van der Waals surface area contributed by atoms with E-state index >= 15 is 0 Å². The van der Waals surface area contributed by atoms with Crippen LogP contribution in [0.2, 0.25) is 0 Å². The van der Waals surface area contributed by atoms with Crippen molar-refractivity contribution >= 4 is 17.3 Å². The number of nitrogens with zero attached hydrogens (tertiary/aromatic N) is 2. The van der Waals surface area contributed by atoms with Gasteiger partial charge in [-0.2, -0.15) is 0 Å². The molecule has 2 aromatic rings. The average Bonchev–Trinajstić information content (AvgIpc) is 2.66. The quantitative estimate of drug-likeness (QED) is 0.387. The lowest BCUT2D eigenvalue weighted by atomic mass is 9.94. The Labute approximate surface area is 166 Å². The van der Waals surface area contributed by atoms with Crippen molar-refractivity contribution in [3.8, 4) is 11.5 Å². The van der Waals surface area contributed by atoms with Crippen molar-refractivity contribution < 1.29 is 28.9 Å². The topological polar surface area (TPSA) is 131 Å². The summed E-state index contributed by atoms with van der Waals surface area (Å²) in [5, 5.41) is 23.3. The zero-order valence-corrected chi connectivity index (χ0v) is 16.5. The van der Waals surface area contributed by atoms with Crippen LogP contribution >= 0.6 is 0 Å². The fourth-order valence-electron chi connectivity index (χ4n) is 2.90. The number of methoxy groups -OCH3 is 2. The molecule has 154 valence electrons. The lowest BCUT2D eigenvalue weighted by Crippen LogP contribution is -2.14. The first-order chi connectivity index (χ1) is 13.6. The van der Waals surface area contributed by atoms with Crippen LogP contribution in [0.25, 0.3) is 0 Å². The van der Waals surface area contributed by atoms with Crippen molar-refractivity contribution in [2.45, 2.75) is 26.9 Å². The summed E-state index contributed by atoms with van der Waals surface area (Å²) in [7, 11) is 2.66. The minimum absolute atomic E-state index is 0.0172. The summed E-state index contributed by atoms with van der Waals surface area (Å²) in [5.41, 5.74) is 0.553. The Bertz CT molecular complexity index is 987. The van der Waals surface area contributed by atoms with Crippen molar-refractivity contribution in [2.24, 2.45) is 0 Å². The molecule has 0 aliphatic rings. The Morgan fingerprint density at radius 3 is 1.79 bits per heavy atom. The SMILES string of the molecule is COc1cc(C(OC(C)=O)c2cc(C)c(C)cc2[N+](=O)[O-])c([N+](=O)[O-])cc1OC. The molecule has 10 heteroatoms. The van der Waals surface area contributed by atoms with Crippen LogP contribution in [0.4, 0.5) is 11.4 Å². The lowest BCUT2D eigenvalue weighted by molar-refractivity contribution is -0.387. The molecule has 1 unspecified atom stereocenters. The molecule has 0 fully saturated rings. The third-order valence-corrected chi connectivity index (χ3v) is 4.42. The highest BCUT2D eigenvalue weighted by Crippen LogP contribution is 2.43. The van der Waals surface area contributed by atoms with E-state index < -0.39 is 27.6 Å². The van der Waals surface area contributed by atoms with E-state index in [0.717, 1.165) is 13.0 Å². The Kier molecular flexibility index (Phi) is 6.37. The molecule has 0 aliphatic heterocycles. The molecule has 2 aromatic carbocycles. The van der Waals surface area contributed by atoms with Gasteiger partial charge < -0.3 is 14.2 Å². The van der Waals surface area contributed by atoms with E-state index in [1.54, 1.807) is 13.8 Å². The number of nitro benzene ring substituents is 2. The van der Waals surface area contributed by atoms with E-state index in [0.29, 0.717) is 11.1 Å². The first kappa shape index (κ1) is 21.6. The largest absolute Gasteiger partial charge is 0.493 e. The molecule has 0 radical (unpaired) electrons. The summed E-state index contributed by atoms with van der Waals surface area (Å²) < 4.78 is 15.6. The number of esters is 1. The number of aryl methyl sites for hydroxylation is 2. The highest BCUT2D eigenvalue weighted by atomic mass is 16.6. The Balaban J connectivity index is 2.88. The van der Waals surface area contributed by atoms with E-state index in [1.807, 2.05) is 0 Å². The van der Waals surface area contributed by atoms with Gasteiger partial charge in [-0.15, -0.1) is 0 Å². The molecule has 0 aromatic heterocycles. The standard InChI is InChI=1S/C19H20N2O8/c1-10-6-13(15(20(23)24)7-11(10)2)19(29-12(3)22)14-8-17(27-4)18(28-5)9-16(14)21(25)26/h6-9,19H,1-5H3. The number of carbonyl (C=O) groups is 1. The van der Waals surface area contributed by atoms with Gasteiger partial charge in [-0.05, 0) is 37.1 Å². The molecule has 0 bridgehead atoms. The number of hydrogen-bond acceptors (Lipinski definition) is 8. The summed E-state index contributed by atoms with van der Waals surface area (Å²) in [6.45, 7) is 4.55. The zero-order valence-electron chi connectivity index (χ0n) is 16.5. The first-order valence-corrected chi connectivity index (χ1v) is 8.43. The molecule has 0 aliphatic carbocycles. The molecule has 1 atom stereocenters. The number of nitro groups is 2. The van der Waals surface area contributed by atoms with Crippen LogP contribution in [0, 0.1) is 34.1 Å². The number of benzene rings is 2. The molecule has 0 saturated heterocycles. The monoisotopic (exact) mass is 404 g/mol. The second-order valence-corrected chi connectivity index (χ2v) is 6.26. The van der Waals surface area contributed by atoms with Crippen molar-refractivity contribution in [1.82, 2.24) is 0 Å². The van der Waals surface area contributed by atoms with E-state index in [1.165, 1.54) is 32.4 Å². The zero-order chi connectivity index (χ0) is 21.9. The number of hydrogen-bond donors (Lipinski definition) is 0. The van der Waals surface area contributed by atoms with Gasteiger partial charge in [0.15, 0.2) is 17.6 Å². The molecule has 0 amide bonds. The van der Waals surface area contributed by atoms with E-state index in [9.17, 15) is 25.0 Å². The summed E-state index contributed by atoms with van der Waals surface area (Å²) >= 11 is 0. The Hall–Kier alpha value is -3.69. The number of carbonyl (C=O) groups excluding carboxylic acids is 1. The second kappa shape index (κ2) is 8.55. The molecular weight excluding hydrogens is 384 g/mol. The number of ether oxygens (including phenoxy) is 3. The third kappa shape index (κ3) is 4.42. The van der Waals surface area contributed by atoms with Crippen LogP contribution in [-0.4, -0.2) is 30.0 Å². The molecule has 0 spiro atoms. The van der Waals surface area contributed by atoms with Crippen molar-refractivity contribution in [3.05, 3.63) is 66.7 Å². The number of rotatable bonds is 7. The van der Waals surface area contributed by atoms with Gasteiger partial charge in [0.2, 0.25) is 0 Å². The first-order valence-electron chi connectivity index (χ1n) is 8.43. The maximum absolute atomic E-state index is 11.8. The lowest BCUT2D eigenvalue weighted by Gasteiger charge is -2.20. The fraction of sp³-hybridized carbons (Fsp3) is 0.316. The van der Waals surface area contributed by atoms with Gasteiger partial charge in [0.05, 0.1) is 41.3 Å². The molecule has 29 heavy (non-hydrogen) atoms. The Morgan fingerprint density at radius 1 is 0.862 bits per heavy atom. The maximum atomic E-state index is 11.8. The maximum Gasteiger partial charge on any atom is 0.303 e. The molecule has 0 saturated carbocycles. The van der Waals surface area contributed by atoms with Crippen molar-refractivity contribution in [3.63, 3.8) is 0 Å². The highest BCUT2D eigenvalue weighted by Gasteiger charge is 2.34. The fourth-order valence-corrected chi connectivity index (χ4v) is 2.90.